The van der Waals surface area contributed by atoms with Gasteiger partial charge in [0.1, 0.15) is 0 Å². The molecular weight excluding hydrogens is 528 g/mol. The second-order valence-corrected chi connectivity index (χ2v) is 11.6. The van der Waals surface area contributed by atoms with Crippen molar-refractivity contribution in [3.8, 4) is 33.4 Å². The molecule has 0 aliphatic heterocycles. The van der Waals surface area contributed by atoms with E-state index in [1.165, 1.54) is 87.2 Å². The molecule has 0 atom stereocenters. The Morgan fingerprint density at radius 1 is 0.182 bits per heavy atom. The van der Waals surface area contributed by atoms with E-state index in [2.05, 4.69) is 170 Å². The zero-order valence-electron chi connectivity index (χ0n) is 24.2. The highest BCUT2D eigenvalue weighted by Gasteiger charge is 2.20. The van der Waals surface area contributed by atoms with Gasteiger partial charge in [-0.05, 0) is 87.2 Å². The summed E-state index contributed by atoms with van der Waals surface area (Å²) in [6, 6.07) is 62.3. The van der Waals surface area contributed by atoms with E-state index < -0.39 is 0 Å². The Hall–Kier alpha value is -5.72. The monoisotopic (exact) mass is 556 g/mol. The molecule has 0 aromatic heterocycles. The normalized spacial score (nSPS) is 11.6. The maximum Gasteiger partial charge on any atom is -0.00201 e. The van der Waals surface area contributed by atoms with Gasteiger partial charge >= 0.3 is 0 Å². The summed E-state index contributed by atoms with van der Waals surface area (Å²) in [5.74, 6) is 0. The highest BCUT2D eigenvalue weighted by atomic mass is 14.2. The third-order valence-corrected chi connectivity index (χ3v) is 9.26. The number of benzene rings is 9. The molecule has 0 aliphatic rings. The fourth-order valence-electron chi connectivity index (χ4n) is 7.36. The number of hydrogen-bond acceptors (Lipinski definition) is 0. The van der Waals surface area contributed by atoms with Gasteiger partial charge in [-0.1, -0.05) is 170 Å². The first-order valence-corrected chi connectivity index (χ1v) is 15.3. The van der Waals surface area contributed by atoms with Crippen LogP contribution in [0.5, 0.6) is 0 Å². The van der Waals surface area contributed by atoms with Gasteiger partial charge in [-0.15, -0.1) is 0 Å². The second kappa shape index (κ2) is 9.93. The van der Waals surface area contributed by atoms with E-state index >= 15 is 0 Å². The average molecular weight is 557 g/mol. The highest BCUT2D eigenvalue weighted by molar-refractivity contribution is 6.26. The van der Waals surface area contributed by atoms with Gasteiger partial charge in [0.2, 0.25) is 0 Å². The van der Waals surface area contributed by atoms with Crippen molar-refractivity contribution in [2.24, 2.45) is 0 Å². The largest absolute Gasteiger partial charge is 0.0616 e. The van der Waals surface area contributed by atoms with Crippen LogP contribution in [-0.2, 0) is 0 Å². The highest BCUT2D eigenvalue weighted by Crippen LogP contribution is 2.47. The predicted molar refractivity (Wildman–Crippen MR) is 190 cm³/mol. The predicted octanol–water partition coefficient (Wildman–Crippen LogP) is 12.5. The van der Waals surface area contributed by atoms with Crippen molar-refractivity contribution in [2.75, 3.05) is 0 Å². The minimum absolute atomic E-state index is 1.26. The van der Waals surface area contributed by atoms with Crippen LogP contribution in [0.1, 0.15) is 0 Å². The number of hydrogen-bond donors (Lipinski definition) is 0. The first-order chi connectivity index (χ1) is 21.9. The van der Waals surface area contributed by atoms with Crippen molar-refractivity contribution < 1.29 is 0 Å². The molecule has 0 nitrogen and oxygen atoms in total. The summed E-state index contributed by atoms with van der Waals surface area (Å²) in [5.41, 5.74) is 7.67. The zero-order chi connectivity index (χ0) is 29.0. The third-order valence-electron chi connectivity index (χ3n) is 9.26. The van der Waals surface area contributed by atoms with E-state index in [1.54, 1.807) is 0 Å². The van der Waals surface area contributed by atoms with Crippen molar-refractivity contribution in [2.45, 2.75) is 0 Å². The summed E-state index contributed by atoms with van der Waals surface area (Å²) in [6.07, 6.45) is 0. The van der Waals surface area contributed by atoms with E-state index in [9.17, 15) is 0 Å². The number of fused-ring (bicyclic) bond motifs is 5. The summed E-state index contributed by atoms with van der Waals surface area (Å²) in [4.78, 5) is 0. The second-order valence-electron chi connectivity index (χ2n) is 11.6. The lowest BCUT2D eigenvalue weighted by molar-refractivity contribution is 1.66. The van der Waals surface area contributed by atoms with Crippen LogP contribution in [0.2, 0.25) is 0 Å². The van der Waals surface area contributed by atoms with Crippen molar-refractivity contribution in [3.05, 3.63) is 170 Å². The lowest BCUT2D eigenvalue weighted by atomic mass is 9.83. The molecule has 0 fully saturated rings. The molecule has 9 aromatic rings. The number of rotatable bonds is 3. The molecule has 0 heterocycles. The van der Waals surface area contributed by atoms with Crippen LogP contribution in [0, 0.1) is 0 Å². The lowest BCUT2D eigenvalue weighted by Crippen LogP contribution is -1.93. The first-order valence-electron chi connectivity index (χ1n) is 15.3. The standard InChI is InChI=1S/C44H28/c1-3-17-31-29(13-1)15-11-25-33(31)36-27-28-42(35-20-6-5-19-34(35)36)44-40-23-9-7-21-38(40)43(39-22-8-10-24-41(39)44)37-26-12-16-30-14-2-4-18-32(30)37/h1-28H. The molecule has 44 heavy (non-hydrogen) atoms. The molecule has 0 amide bonds. The van der Waals surface area contributed by atoms with Crippen LogP contribution < -0.4 is 0 Å². The van der Waals surface area contributed by atoms with Crippen LogP contribution in [0.25, 0.3) is 87.2 Å². The third kappa shape index (κ3) is 3.71. The molecule has 0 heteroatoms. The fraction of sp³-hybridized carbons (Fsp3) is 0. The van der Waals surface area contributed by atoms with Gasteiger partial charge in [-0.3, -0.25) is 0 Å². The Kier molecular flexibility index (Phi) is 5.61. The van der Waals surface area contributed by atoms with Crippen molar-refractivity contribution in [1.29, 1.82) is 0 Å². The van der Waals surface area contributed by atoms with E-state index in [4.69, 9.17) is 0 Å². The molecule has 0 unspecified atom stereocenters. The van der Waals surface area contributed by atoms with Gasteiger partial charge in [0.15, 0.2) is 0 Å². The fourth-order valence-corrected chi connectivity index (χ4v) is 7.36. The van der Waals surface area contributed by atoms with E-state index in [0.29, 0.717) is 0 Å². The lowest BCUT2D eigenvalue weighted by Gasteiger charge is -2.20. The van der Waals surface area contributed by atoms with Gasteiger partial charge in [-0.2, -0.15) is 0 Å². The molecule has 0 N–H and O–H groups in total. The van der Waals surface area contributed by atoms with Gasteiger partial charge < -0.3 is 0 Å². The Bertz CT molecular complexity index is 2480. The molecular formula is C44H28. The van der Waals surface area contributed by atoms with Crippen LogP contribution in [0.15, 0.2) is 170 Å². The molecule has 0 radical (unpaired) electrons. The van der Waals surface area contributed by atoms with E-state index in [-0.39, 0.29) is 0 Å². The summed E-state index contributed by atoms with van der Waals surface area (Å²) in [5, 5.41) is 12.7. The smallest absolute Gasteiger partial charge is 0.00201 e. The van der Waals surface area contributed by atoms with Gasteiger partial charge in [0, 0.05) is 0 Å². The zero-order valence-corrected chi connectivity index (χ0v) is 24.2. The topological polar surface area (TPSA) is 0 Å². The Labute approximate surface area is 256 Å². The van der Waals surface area contributed by atoms with Gasteiger partial charge in [0.05, 0.1) is 0 Å². The summed E-state index contributed by atoms with van der Waals surface area (Å²) >= 11 is 0. The van der Waals surface area contributed by atoms with E-state index in [0.717, 1.165) is 0 Å². The molecule has 0 spiro atoms. The summed E-state index contributed by atoms with van der Waals surface area (Å²) < 4.78 is 0. The minimum Gasteiger partial charge on any atom is -0.0616 e. The van der Waals surface area contributed by atoms with Crippen molar-refractivity contribution >= 4 is 53.9 Å². The summed E-state index contributed by atoms with van der Waals surface area (Å²) in [7, 11) is 0. The molecule has 0 saturated heterocycles. The molecule has 9 aromatic carbocycles. The minimum atomic E-state index is 1.26. The maximum atomic E-state index is 2.35. The molecule has 204 valence electrons. The van der Waals surface area contributed by atoms with Crippen LogP contribution in [-0.4, -0.2) is 0 Å². The van der Waals surface area contributed by atoms with Crippen molar-refractivity contribution in [3.63, 3.8) is 0 Å². The van der Waals surface area contributed by atoms with Crippen LogP contribution >= 0.6 is 0 Å². The Morgan fingerprint density at radius 3 is 1.00 bits per heavy atom. The molecule has 0 saturated carbocycles. The quantitative estimate of drug-likeness (QED) is 0.190. The maximum absolute atomic E-state index is 2.35. The molecule has 9 rings (SSSR count). The van der Waals surface area contributed by atoms with Gasteiger partial charge in [-0.25, -0.2) is 0 Å². The van der Waals surface area contributed by atoms with Crippen molar-refractivity contribution in [1.82, 2.24) is 0 Å². The Balaban J connectivity index is 1.39. The summed E-state index contributed by atoms with van der Waals surface area (Å²) in [6.45, 7) is 0. The molecule has 0 aliphatic carbocycles. The molecule has 0 bridgehead atoms. The average Bonchev–Trinajstić information content (AvgIpc) is 3.10. The van der Waals surface area contributed by atoms with E-state index in [1.807, 2.05) is 0 Å². The van der Waals surface area contributed by atoms with Crippen LogP contribution in [0.4, 0.5) is 0 Å². The van der Waals surface area contributed by atoms with Gasteiger partial charge in [0.25, 0.3) is 0 Å². The Morgan fingerprint density at radius 2 is 0.477 bits per heavy atom. The SMILES string of the molecule is c1ccc2c(-c3ccc(-c4c5ccccc5c(-c5cccc6ccccc56)c5ccccc45)c4ccccc34)cccc2c1. The first kappa shape index (κ1) is 24.8. The van der Waals surface area contributed by atoms with Crippen LogP contribution in [0.3, 0.4) is 0 Å².